The van der Waals surface area contributed by atoms with E-state index >= 15 is 0 Å². The molecule has 1 atom stereocenters. The molecule has 0 radical (unpaired) electrons. The summed E-state index contributed by atoms with van der Waals surface area (Å²) < 4.78 is 0. The highest BCUT2D eigenvalue weighted by atomic mass is 15.2. The van der Waals surface area contributed by atoms with Gasteiger partial charge in [0.15, 0.2) is 0 Å². The first-order valence-corrected chi connectivity index (χ1v) is 5.97. The molecule has 0 fully saturated rings. The van der Waals surface area contributed by atoms with Crippen molar-refractivity contribution in [1.29, 1.82) is 0 Å². The second kappa shape index (κ2) is 5.71. The van der Waals surface area contributed by atoms with Gasteiger partial charge >= 0.3 is 0 Å². The molecule has 0 aliphatic heterocycles. The number of hydrazine groups is 1. The van der Waals surface area contributed by atoms with Crippen LogP contribution in [-0.2, 0) is 6.42 Å². The van der Waals surface area contributed by atoms with Gasteiger partial charge in [0.05, 0.1) is 6.04 Å². The quantitative estimate of drug-likeness (QED) is 0.634. The lowest BCUT2D eigenvalue weighted by Gasteiger charge is -2.16. The fourth-order valence-corrected chi connectivity index (χ4v) is 2.19. The second-order valence-corrected chi connectivity index (χ2v) is 4.59. The molecule has 94 valence electrons. The molecule has 1 unspecified atom stereocenters. The molecule has 18 heavy (non-hydrogen) atoms. The molecule has 0 saturated carbocycles. The summed E-state index contributed by atoms with van der Waals surface area (Å²) in [6, 6.07) is 6.56. The van der Waals surface area contributed by atoms with Crippen LogP contribution in [0.1, 0.15) is 28.3 Å². The van der Waals surface area contributed by atoms with E-state index in [4.69, 9.17) is 5.84 Å². The number of benzene rings is 1. The monoisotopic (exact) mass is 242 g/mol. The molecule has 1 aromatic heterocycles. The number of nitrogens with one attached hydrogen (secondary N) is 1. The van der Waals surface area contributed by atoms with E-state index in [-0.39, 0.29) is 6.04 Å². The molecule has 2 aromatic rings. The Morgan fingerprint density at radius 3 is 2.28 bits per heavy atom. The Morgan fingerprint density at radius 2 is 1.72 bits per heavy atom. The maximum Gasteiger partial charge on any atom is 0.115 e. The number of hydrogen-bond donors (Lipinski definition) is 2. The summed E-state index contributed by atoms with van der Waals surface area (Å²) in [4.78, 5) is 8.05. The average Bonchev–Trinajstić information content (AvgIpc) is 2.36. The highest BCUT2D eigenvalue weighted by Crippen LogP contribution is 2.18. The lowest BCUT2D eigenvalue weighted by atomic mass is 9.98. The Balaban J connectivity index is 2.20. The van der Waals surface area contributed by atoms with Crippen LogP contribution in [0.2, 0.25) is 0 Å². The minimum absolute atomic E-state index is 0.0346. The van der Waals surface area contributed by atoms with Gasteiger partial charge in [0.25, 0.3) is 0 Å². The molecule has 1 aromatic carbocycles. The van der Waals surface area contributed by atoms with Gasteiger partial charge in [-0.05, 0) is 25.8 Å². The molecule has 3 N–H and O–H groups in total. The molecular formula is C14H18N4. The lowest BCUT2D eigenvalue weighted by Crippen LogP contribution is -2.29. The Hall–Kier alpha value is -1.78. The maximum absolute atomic E-state index is 5.62. The van der Waals surface area contributed by atoms with Crippen molar-refractivity contribution in [3.05, 3.63) is 59.2 Å². The standard InChI is InChI=1S/C14H18N4/c1-10-3-11(2)5-12(4-10)6-14(18-15)13-7-16-9-17-8-13/h3-5,7-9,14,18H,6,15H2,1-2H3. The van der Waals surface area contributed by atoms with Gasteiger partial charge in [0.1, 0.15) is 6.33 Å². The topological polar surface area (TPSA) is 63.8 Å². The predicted molar refractivity (Wildman–Crippen MR) is 71.7 cm³/mol. The van der Waals surface area contributed by atoms with Gasteiger partial charge in [0, 0.05) is 18.0 Å². The first-order chi connectivity index (χ1) is 8.69. The van der Waals surface area contributed by atoms with Crippen molar-refractivity contribution in [2.45, 2.75) is 26.3 Å². The van der Waals surface area contributed by atoms with Crippen LogP contribution >= 0.6 is 0 Å². The number of nitrogens with two attached hydrogens (primary N) is 1. The summed E-state index contributed by atoms with van der Waals surface area (Å²) in [5, 5.41) is 0. The molecule has 0 bridgehead atoms. The molecule has 4 heteroatoms. The fraction of sp³-hybridized carbons (Fsp3) is 0.286. The van der Waals surface area contributed by atoms with E-state index in [2.05, 4.69) is 47.4 Å². The molecule has 0 aliphatic rings. The maximum atomic E-state index is 5.62. The van der Waals surface area contributed by atoms with E-state index in [0.717, 1.165) is 12.0 Å². The predicted octanol–water partition coefficient (Wildman–Crippen LogP) is 1.84. The minimum Gasteiger partial charge on any atom is -0.271 e. The van der Waals surface area contributed by atoms with Crippen LogP contribution in [0.4, 0.5) is 0 Å². The summed E-state index contributed by atoms with van der Waals surface area (Å²) in [5.74, 6) is 5.62. The van der Waals surface area contributed by atoms with E-state index < -0.39 is 0 Å². The van der Waals surface area contributed by atoms with Crippen LogP contribution in [0.3, 0.4) is 0 Å². The molecule has 1 heterocycles. The second-order valence-electron chi connectivity index (χ2n) is 4.59. The van der Waals surface area contributed by atoms with Crippen LogP contribution in [0.25, 0.3) is 0 Å². The van der Waals surface area contributed by atoms with Crippen molar-refractivity contribution in [3.63, 3.8) is 0 Å². The number of rotatable bonds is 4. The van der Waals surface area contributed by atoms with Crippen molar-refractivity contribution in [2.75, 3.05) is 0 Å². The van der Waals surface area contributed by atoms with Crippen LogP contribution in [0.15, 0.2) is 36.9 Å². The smallest absolute Gasteiger partial charge is 0.115 e. The molecule has 0 aliphatic carbocycles. The zero-order chi connectivity index (χ0) is 13.0. The van der Waals surface area contributed by atoms with Gasteiger partial charge in [-0.1, -0.05) is 29.3 Å². The van der Waals surface area contributed by atoms with E-state index in [1.54, 1.807) is 12.4 Å². The third kappa shape index (κ3) is 3.12. The van der Waals surface area contributed by atoms with Crippen molar-refractivity contribution in [2.24, 2.45) is 5.84 Å². The molecular weight excluding hydrogens is 224 g/mol. The van der Waals surface area contributed by atoms with Crippen molar-refractivity contribution < 1.29 is 0 Å². The molecule has 4 nitrogen and oxygen atoms in total. The fourth-order valence-electron chi connectivity index (χ4n) is 2.19. The summed E-state index contributed by atoms with van der Waals surface area (Å²) in [6.45, 7) is 4.21. The Morgan fingerprint density at radius 1 is 1.11 bits per heavy atom. The SMILES string of the molecule is Cc1cc(C)cc(CC(NN)c2cncnc2)c1. The Bertz CT molecular complexity index is 490. The van der Waals surface area contributed by atoms with Crippen molar-refractivity contribution in [1.82, 2.24) is 15.4 Å². The first kappa shape index (κ1) is 12.7. The summed E-state index contributed by atoms with van der Waals surface area (Å²) in [6.07, 6.45) is 5.93. The molecule has 0 spiro atoms. The summed E-state index contributed by atoms with van der Waals surface area (Å²) >= 11 is 0. The highest BCUT2D eigenvalue weighted by Gasteiger charge is 2.11. The van der Waals surface area contributed by atoms with Gasteiger partial charge < -0.3 is 0 Å². The Labute approximate surface area is 107 Å². The van der Waals surface area contributed by atoms with Crippen molar-refractivity contribution >= 4 is 0 Å². The number of nitrogens with zero attached hydrogens (tertiary/aromatic N) is 2. The highest BCUT2D eigenvalue weighted by molar-refractivity contribution is 5.30. The van der Waals surface area contributed by atoms with Gasteiger partial charge in [0.2, 0.25) is 0 Å². The van der Waals surface area contributed by atoms with Gasteiger partial charge in [-0.2, -0.15) is 0 Å². The van der Waals surface area contributed by atoms with Gasteiger partial charge in [-0.15, -0.1) is 0 Å². The number of hydrogen-bond acceptors (Lipinski definition) is 4. The first-order valence-electron chi connectivity index (χ1n) is 5.97. The largest absolute Gasteiger partial charge is 0.271 e. The zero-order valence-electron chi connectivity index (χ0n) is 10.7. The zero-order valence-corrected chi connectivity index (χ0v) is 10.7. The molecule has 0 amide bonds. The third-order valence-electron chi connectivity index (χ3n) is 2.91. The van der Waals surface area contributed by atoms with E-state index in [0.29, 0.717) is 0 Å². The van der Waals surface area contributed by atoms with Crippen molar-refractivity contribution in [3.8, 4) is 0 Å². The van der Waals surface area contributed by atoms with Crippen LogP contribution in [-0.4, -0.2) is 9.97 Å². The lowest BCUT2D eigenvalue weighted by molar-refractivity contribution is 0.548. The van der Waals surface area contributed by atoms with Gasteiger partial charge in [-0.3, -0.25) is 11.3 Å². The normalized spacial score (nSPS) is 12.4. The van der Waals surface area contributed by atoms with E-state index in [1.165, 1.54) is 23.0 Å². The summed E-state index contributed by atoms with van der Waals surface area (Å²) in [5.41, 5.74) is 7.63. The average molecular weight is 242 g/mol. The van der Waals surface area contributed by atoms with Crippen LogP contribution in [0.5, 0.6) is 0 Å². The minimum atomic E-state index is 0.0346. The third-order valence-corrected chi connectivity index (χ3v) is 2.91. The molecule has 2 rings (SSSR count). The summed E-state index contributed by atoms with van der Waals surface area (Å²) in [7, 11) is 0. The Kier molecular flexibility index (Phi) is 4.02. The van der Waals surface area contributed by atoms with E-state index in [1.807, 2.05) is 0 Å². The molecule has 0 saturated heterocycles. The number of aromatic nitrogens is 2. The van der Waals surface area contributed by atoms with Gasteiger partial charge in [-0.25, -0.2) is 9.97 Å². The van der Waals surface area contributed by atoms with Crippen LogP contribution in [0, 0.1) is 13.8 Å². The van der Waals surface area contributed by atoms with E-state index in [9.17, 15) is 0 Å². The number of aryl methyl sites for hydroxylation is 2. The van der Waals surface area contributed by atoms with Crippen LogP contribution < -0.4 is 11.3 Å².